The zero-order chi connectivity index (χ0) is 12.8. The van der Waals surface area contributed by atoms with Crippen LogP contribution in [0.25, 0.3) is 11.1 Å². The van der Waals surface area contributed by atoms with Gasteiger partial charge in [0.05, 0.1) is 11.6 Å². The fourth-order valence-corrected chi connectivity index (χ4v) is 2.50. The predicted molar refractivity (Wildman–Crippen MR) is 72.2 cm³/mol. The maximum Gasteiger partial charge on any atom is 0.206 e. The molecule has 0 aliphatic carbocycles. The summed E-state index contributed by atoms with van der Waals surface area (Å²) in [5, 5.41) is 0. The number of nitrogen functional groups attached to an aromatic ring is 1. The van der Waals surface area contributed by atoms with E-state index in [-0.39, 0.29) is 5.92 Å². The number of ether oxygens (including phenoxy) is 1. The number of hydrogen-bond donors (Lipinski definition) is 1. The Labute approximate surface area is 109 Å². The van der Waals surface area contributed by atoms with Crippen molar-refractivity contribution >= 4 is 16.8 Å². The number of benzene rings is 2. The van der Waals surface area contributed by atoms with E-state index in [0.717, 1.165) is 22.4 Å². The molecule has 1 aliphatic rings. The summed E-state index contributed by atoms with van der Waals surface area (Å²) >= 11 is 0. The van der Waals surface area contributed by atoms with Crippen molar-refractivity contribution in [2.45, 2.75) is 5.92 Å². The molecular formula is C15H12N2O2. The number of nitrogens with zero attached hydrogens (tertiary/aromatic N) is 1. The van der Waals surface area contributed by atoms with Crippen LogP contribution in [0.1, 0.15) is 17.4 Å². The number of anilines is 1. The maximum absolute atomic E-state index is 5.91. The molecule has 94 valence electrons. The molecule has 4 heteroatoms. The highest BCUT2D eigenvalue weighted by atomic mass is 16.5. The van der Waals surface area contributed by atoms with Gasteiger partial charge in [-0.05, 0) is 18.2 Å². The van der Waals surface area contributed by atoms with E-state index in [4.69, 9.17) is 14.9 Å². The molecule has 0 saturated heterocycles. The van der Waals surface area contributed by atoms with Gasteiger partial charge in [0.1, 0.15) is 17.9 Å². The first kappa shape index (κ1) is 10.4. The number of fused-ring (bicyclic) bond motifs is 2. The zero-order valence-electron chi connectivity index (χ0n) is 10.2. The SMILES string of the molecule is Nc1cccc2oc(C3COc4ccccc43)nc12. The van der Waals surface area contributed by atoms with Gasteiger partial charge < -0.3 is 14.9 Å². The summed E-state index contributed by atoms with van der Waals surface area (Å²) in [4.78, 5) is 4.52. The Morgan fingerprint density at radius 3 is 2.89 bits per heavy atom. The molecule has 2 heterocycles. The number of aromatic nitrogens is 1. The van der Waals surface area contributed by atoms with Crippen LogP contribution in [0.15, 0.2) is 46.9 Å². The lowest BCUT2D eigenvalue weighted by molar-refractivity contribution is 0.327. The minimum Gasteiger partial charge on any atom is -0.492 e. The molecule has 3 aromatic rings. The molecule has 0 spiro atoms. The van der Waals surface area contributed by atoms with Gasteiger partial charge in [-0.25, -0.2) is 4.98 Å². The third-order valence-corrected chi connectivity index (χ3v) is 3.46. The van der Waals surface area contributed by atoms with Crippen molar-refractivity contribution in [1.29, 1.82) is 0 Å². The normalized spacial score (nSPS) is 17.4. The lowest BCUT2D eigenvalue weighted by Crippen LogP contribution is -2.02. The Bertz CT molecular complexity index is 764. The number of hydrogen-bond acceptors (Lipinski definition) is 4. The van der Waals surface area contributed by atoms with Crippen molar-refractivity contribution in [3.63, 3.8) is 0 Å². The van der Waals surface area contributed by atoms with Crippen molar-refractivity contribution in [2.75, 3.05) is 12.3 Å². The molecule has 0 bridgehead atoms. The lowest BCUT2D eigenvalue weighted by Gasteiger charge is -2.02. The largest absolute Gasteiger partial charge is 0.492 e. The van der Waals surface area contributed by atoms with Gasteiger partial charge in [-0.3, -0.25) is 0 Å². The summed E-state index contributed by atoms with van der Waals surface area (Å²) in [6, 6.07) is 13.5. The molecule has 4 rings (SSSR count). The summed E-state index contributed by atoms with van der Waals surface area (Å²) in [6.45, 7) is 0.562. The van der Waals surface area contributed by atoms with Crippen LogP contribution in [0.5, 0.6) is 5.75 Å². The topological polar surface area (TPSA) is 61.3 Å². The van der Waals surface area contributed by atoms with Crippen LogP contribution in [-0.4, -0.2) is 11.6 Å². The lowest BCUT2D eigenvalue weighted by atomic mass is 10.0. The average molecular weight is 252 g/mol. The van der Waals surface area contributed by atoms with Crippen LogP contribution in [-0.2, 0) is 0 Å². The van der Waals surface area contributed by atoms with E-state index in [2.05, 4.69) is 4.98 Å². The van der Waals surface area contributed by atoms with Crippen molar-refractivity contribution in [3.8, 4) is 5.75 Å². The van der Waals surface area contributed by atoms with Gasteiger partial charge >= 0.3 is 0 Å². The Hall–Kier alpha value is -2.49. The van der Waals surface area contributed by atoms with Crippen LogP contribution in [0.2, 0.25) is 0 Å². The van der Waals surface area contributed by atoms with E-state index in [1.807, 2.05) is 42.5 Å². The van der Waals surface area contributed by atoms with Crippen LogP contribution >= 0.6 is 0 Å². The van der Waals surface area contributed by atoms with E-state index in [1.165, 1.54) is 0 Å². The maximum atomic E-state index is 5.91. The van der Waals surface area contributed by atoms with Gasteiger partial charge in [-0.2, -0.15) is 0 Å². The number of rotatable bonds is 1. The molecule has 1 aliphatic heterocycles. The second-order valence-corrected chi connectivity index (χ2v) is 4.65. The summed E-state index contributed by atoms with van der Waals surface area (Å²) in [7, 11) is 0. The van der Waals surface area contributed by atoms with Crippen molar-refractivity contribution in [1.82, 2.24) is 4.98 Å². The molecule has 2 N–H and O–H groups in total. The van der Waals surface area contributed by atoms with E-state index in [9.17, 15) is 0 Å². The highest BCUT2D eigenvalue weighted by molar-refractivity contribution is 5.85. The second-order valence-electron chi connectivity index (χ2n) is 4.65. The molecule has 1 unspecified atom stereocenters. The summed E-state index contributed by atoms with van der Waals surface area (Å²) in [6.07, 6.45) is 0. The van der Waals surface area contributed by atoms with Gasteiger partial charge in [-0.1, -0.05) is 24.3 Å². The minimum atomic E-state index is 0.0444. The molecule has 0 fully saturated rings. The fraction of sp³-hybridized carbons (Fsp3) is 0.133. The predicted octanol–water partition coefficient (Wildman–Crippen LogP) is 2.93. The van der Waals surface area contributed by atoms with E-state index in [0.29, 0.717) is 18.2 Å². The van der Waals surface area contributed by atoms with Gasteiger partial charge in [-0.15, -0.1) is 0 Å². The number of oxazole rings is 1. The van der Waals surface area contributed by atoms with Crippen LogP contribution in [0, 0.1) is 0 Å². The first-order valence-electron chi connectivity index (χ1n) is 6.19. The fourth-order valence-electron chi connectivity index (χ4n) is 2.50. The van der Waals surface area contributed by atoms with Gasteiger partial charge in [0.2, 0.25) is 5.89 Å². The molecule has 0 radical (unpaired) electrons. The quantitative estimate of drug-likeness (QED) is 0.676. The van der Waals surface area contributed by atoms with Gasteiger partial charge in [0, 0.05) is 5.56 Å². The molecule has 0 saturated carbocycles. The first-order chi connectivity index (χ1) is 9.33. The second kappa shape index (κ2) is 3.75. The smallest absolute Gasteiger partial charge is 0.206 e. The molecule has 4 nitrogen and oxygen atoms in total. The summed E-state index contributed by atoms with van der Waals surface area (Å²) in [5.74, 6) is 1.61. The van der Waals surface area contributed by atoms with Gasteiger partial charge in [0.25, 0.3) is 0 Å². The Balaban J connectivity index is 1.86. The minimum absolute atomic E-state index is 0.0444. The molecule has 0 amide bonds. The Kier molecular flexibility index (Phi) is 2.06. The zero-order valence-corrected chi connectivity index (χ0v) is 10.2. The van der Waals surface area contributed by atoms with E-state index in [1.54, 1.807) is 0 Å². The highest BCUT2D eigenvalue weighted by Crippen LogP contribution is 2.38. The Morgan fingerprint density at radius 1 is 1.11 bits per heavy atom. The highest BCUT2D eigenvalue weighted by Gasteiger charge is 2.29. The molecular weight excluding hydrogens is 240 g/mol. The average Bonchev–Trinajstić information content (AvgIpc) is 3.02. The number of para-hydroxylation sites is 2. The van der Waals surface area contributed by atoms with Crippen LogP contribution in [0.3, 0.4) is 0 Å². The third-order valence-electron chi connectivity index (χ3n) is 3.46. The van der Waals surface area contributed by atoms with Crippen molar-refractivity contribution in [3.05, 3.63) is 53.9 Å². The van der Waals surface area contributed by atoms with Gasteiger partial charge in [0.15, 0.2) is 5.58 Å². The van der Waals surface area contributed by atoms with Crippen molar-refractivity contribution in [2.24, 2.45) is 0 Å². The van der Waals surface area contributed by atoms with Crippen molar-refractivity contribution < 1.29 is 9.15 Å². The van der Waals surface area contributed by atoms with E-state index >= 15 is 0 Å². The summed E-state index contributed by atoms with van der Waals surface area (Å²) < 4.78 is 11.5. The molecule has 2 aromatic carbocycles. The van der Waals surface area contributed by atoms with E-state index < -0.39 is 0 Å². The van der Waals surface area contributed by atoms with Crippen LogP contribution < -0.4 is 10.5 Å². The van der Waals surface area contributed by atoms with Crippen LogP contribution in [0.4, 0.5) is 5.69 Å². The first-order valence-corrected chi connectivity index (χ1v) is 6.19. The summed E-state index contributed by atoms with van der Waals surface area (Å²) in [5.41, 5.74) is 9.11. The Morgan fingerprint density at radius 2 is 2.00 bits per heavy atom. The number of nitrogens with two attached hydrogens (primary N) is 1. The standard InChI is InChI=1S/C15H12N2O2/c16-11-5-3-7-13-14(11)17-15(19-13)10-8-18-12-6-2-1-4-9(10)12/h1-7,10H,8,16H2. The molecule has 19 heavy (non-hydrogen) atoms. The third kappa shape index (κ3) is 1.50. The monoisotopic (exact) mass is 252 g/mol. The molecule has 1 aromatic heterocycles. The molecule has 1 atom stereocenters.